The lowest BCUT2D eigenvalue weighted by Crippen LogP contribution is -2.49. The number of esters is 1. The number of nitrogens with one attached hydrogen (secondary N) is 2. The molecule has 2 amide bonds. The van der Waals surface area contributed by atoms with Gasteiger partial charge in [-0.1, -0.05) is 17.7 Å². The van der Waals surface area contributed by atoms with Gasteiger partial charge < -0.3 is 4.74 Å². The van der Waals surface area contributed by atoms with E-state index in [1.165, 1.54) is 19.1 Å². The van der Waals surface area contributed by atoms with E-state index >= 15 is 0 Å². The van der Waals surface area contributed by atoms with E-state index in [1.54, 1.807) is 12.1 Å². The quantitative estimate of drug-likeness (QED) is 0.542. The Labute approximate surface area is 158 Å². The van der Waals surface area contributed by atoms with Gasteiger partial charge in [-0.2, -0.15) is 4.31 Å². The van der Waals surface area contributed by atoms with Crippen LogP contribution in [-0.4, -0.2) is 49.7 Å². The van der Waals surface area contributed by atoms with E-state index in [2.05, 4.69) is 10.9 Å². The lowest BCUT2D eigenvalue weighted by Gasteiger charge is -2.33. The maximum atomic E-state index is 12.9. The van der Waals surface area contributed by atoms with Crippen LogP contribution in [0, 0.1) is 6.92 Å². The third kappa shape index (κ3) is 5.51. The van der Waals surface area contributed by atoms with Crippen molar-refractivity contribution in [3.05, 3.63) is 29.8 Å². The van der Waals surface area contributed by atoms with Crippen LogP contribution in [0.15, 0.2) is 29.2 Å². The minimum absolute atomic E-state index is 0.108. The van der Waals surface area contributed by atoms with Gasteiger partial charge in [-0.25, -0.2) is 8.42 Å². The van der Waals surface area contributed by atoms with Gasteiger partial charge in [0.2, 0.25) is 15.9 Å². The molecule has 1 fully saturated rings. The fourth-order valence-electron chi connectivity index (χ4n) is 2.70. The Morgan fingerprint density at radius 1 is 1.15 bits per heavy atom. The number of aryl methyl sites for hydroxylation is 1. The molecule has 0 radical (unpaired) electrons. The number of carbonyl (C=O) groups excluding carboxylic acids is 3. The third-order valence-electron chi connectivity index (χ3n) is 4.08. The summed E-state index contributed by atoms with van der Waals surface area (Å²) in [5.74, 6) is -1.98. The number of benzene rings is 1. The zero-order chi connectivity index (χ0) is 20.0. The summed E-state index contributed by atoms with van der Waals surface area (Å²) in [6.07, 6.45) is 1.63. The Bertz CT molecular complexity index is 806. The van der Waals surface area contributed by atoms with Gasteiger partial charge in [0.05, 0.1) is 4.90 Å². The summed E-state index contributed by atoms with van der Waals surface area (Å²) in [4.78, 5) is 34.8. The molecule has 0 bridgehead atoms. The summed E-state index contributed by atoms with van der Waals surface area (Å²) in [6.45, 7) is 2.65. The predicted molar refractivity (Wildman–Crippen MR) is 95.6 cm³/mol. The van der Waals surface area contributed by atoms with Crippen LogP contribution in [-0.2, 0) is 29.1 Å². The molecule has 27 heavy (non-hydrogen) atoms. The second-order valence-corrected chi connectivity index (χ2v) is 8.17. The van der Waals surface area contributed by atoms with Crippen molar-refractivity contribution in [1.82, 2.24) is 15.2 Å². The number of hydrazine groups is 1. The fourth-order valence-corrected chi connectivity index (χ4v) is 4.35. The summed E-state index contributed by atoms with van der Waals surface area (Å²) < 4.78 is 31.9. The molecule has 1 heterocycles. The highest BCUT2D eigenvalue weighted by atomic mass is 32.2. The molecule has 1 aromatic rings. The number of hydrogen-bond acceptors (Lipinski definition) is 6. The molecule has 0 unspecified atom stereocenters. The van der Waals surface area contributed by atoms with Gasteiger partial charge in [-0.05, 0) is 38.3 Å². The molecular formula is C17H23N3O6S. The van der Waals surface area contributed by atoms with Crippen LogP contribution >= 0.6 is 0 Å². The van der Waals surface area contributed by atoms with Crippen molar-refractivity contribution in [2.75, 3.05) is 13.2 Å². The first-order valence-corrected chi connectivity index (χ1v) is 9.96. The molecule has 1 atom stereocenters. The van der Waals surface area contributed by atoms with E-state index in [-0.39, 0.29) is 11.4 Å². The van der Waals surface area contributed by atoms with Crippen LogP contribution in [0.3, 0.4) is 0 Å². The van der Waals surface area contributed by atoms with Gasteiger partial charge >= 0.3 is 5.97 Å². The minimum atomic E-state index is -3.86. The molecule has 9 nitrogen and oxygen atoms in total. The Morgan fingerprint density at radius 2 is 1.81 bits per heavy atom. The average molecular weight is 397 g/mol. The summed E-state index contributed by atoms with van der Waals surface area (Å²) in [6, 6.07) is 5.40. The molecule has 1 aliphatic heterocycles. The number of carbonyl (C=O) groups is 3. The molecule has 2 N–H and O–H groups in total. The van der Waals surface area contributed by atoms with Crippen LogP contribution in [0.5, 0.6) is 0 Å². The van der Waals surface area contributed by atoms with Crippen LogP contribution in [0.4, 0.5) is 0 Å². The third-order valence-corrected chi connectivity index (χ3v) is 6.00. The zero-order valence-electron chi connectivity index (χ0n) is 15.2. The monoisotopic (exact) mass is 397 g/mol. The van der Waals surface area contributed by atoms with Crippen LogP contribution in [0.1, 0.15) is 31.7 Å². The molecule has 0 spiro atoms. The van der Waals surface area contributed by atoms with Gasteiger partial charge in [0, 0.05) is 13.5 Å². The number of piperidine rings is 1. The van der Waals surface area contributed by atoms with Crippen molar-refractivity contribution in [1.29, 1.82) is 0 Å². The molecule has 1 aromatic carbocycles. The molecular weight excluding hydrogens is 374 g/mol. The van der Waals surface area contributed by atoms with Gasteiger partial charge in [0.25, 0.3) is 5.91 Å². The Kier molecular flexibility index (Phi) is 6.92. The van der Waals surface area contributed by atoms with E-state index in [4.69, 9.17) is 4.74 Å². The number of amides is 2. The van der Waals surface area contributed by atoms with Crippen molar-refractivity contribution in [3.8, 4) is 0 Å². The van der Waals surface area contributed by atoms with E-state index in [9.17, 15) is 22.8 Å². The molecule has 148 valence electrons. The SMILES string of the molecule is CC(=O)NNC(=O)COC(=O)[C@@H]1CCCCN1S(=O)(=O)c1ccc(C)cc1. The molecule has 0 aliphatic carbocycles. The number of hydrogen-bond donors (Lipinski definition) is 2. The molecule has 10 heteroatoms. The summed E-state index contributed by atoms with van der Waals surface area (Å²) >= 11 is 0. The van der Waals surface area contributed by atoms with Crippen LogP contribution in [0.25, 0.3) is 0 Å². The topological polar surface area (TPSA) is 122 Å². The highest BCUT2D eigenvalue weighted by Gasteiger charge is 2.38. The first kappa shape index (κ1) is 20.8. The second-order valence-electron chi connectivity index (χ2n) is 6.28. The highest BCUT2D eigenvalue weighted by molar-refractivity contribution is 7.89. The number of sulfonamides is 1. The highest BCUT2D eigenvalue weighted by Crippen LogP contribution is 2.26. The van der Waals surface area contributed by atoms with Crippen molar-refractivity contribution in [2.24, 2.45) is 0 Å². The van der Waals surface area contributed by atoms with E-state index in [0.29, 0.717) is 19.3 Å². The first-order chi connectivity index (χ1) is 12.7. The van der Waals surface area contributed by atoms with Crippen LogP contribution in [0.2, 0.25) is 0 Å². The maximum absolute atomic E-state index is 12.9. The molecule has 1 aliphatic rings. The standard InChI is InChI=1S/C17H23N3O6S/c1-12-6-8-14(9-7-12)27(24,25)20-10-4-3-5-15(20)17(23)26-11-16(22)19-18-13(2)21/h6-9,15H,3-5,10-11H2,1-2H3,(H,18,21)(H,19,22)/t15-/m0/s1. The van der Waals surface area contributed by atoms with E-state index in [0.717, 1.165) is 9.87 Å². The number of ether oxygens (including phenoxy) is 1. The molecule has 0 aromatic heterocycles. The largest absolute Gasteiger partial charge is 0.454 e. The Morgan fingerprint density at radius 3 is 2.44 bits per heavy atom. The second kappa shape index (κ2) is 8.96. The van der Waals surface area contributed by atoms with E-state index in [1.807, 2.05) is 6.92 Å². The normalized spacial score (nSPS) is 17.8. The van der Waals surface area contributed by atoms with Gasteiger partial charge in [-0.3, -0.25) is 25.2 Å². The Hall–Kier alpha value is -2.46. The first-order valence-electron chi connectivity index (χ1n) is 8.52. The van der Waals surface area contributed by atoms with Crippen molar-refractivity contribution >= 4 is 27.8 Å². The summed E-state index contributed by atoms with van der Waals surface area (Å²) in [5, 5.41) is 0. The Balaban J connectivity index is 2.07. The number of nitrogens with zero attached hydrogens (tertiary/aromatic N) is 1. The lowest BCUT2D eigenvalue weighted by atomic mass is 10.1. The summed E-state index contributed by atoms with van der Waals surface area (Å²) in [5.41, 5.74) is 5.06. The summed E-state index contributed by atoms with van der Waals surface area (Å²) in [7, 11) is -3.86. The van der Waals surface area contributed by atoms with Gasteiger partial charge in [-0.15, -0.1) is 0 Å². The predicted octanol–water partition coefficient (Wildman–Crippen LogP) is 0.249. The van der Waals surface area contributed by atoms with Gasteiger partial charge in [0.1, 0.15) is 6.04 Å². The molecule has 0 saturated carbocycles. The smallest absolute Gasteiger partial charge is 0.324 e. The number of rotatable bonds is 5. The van der Waals surface area contributed by atoms with E-state index < -0.39 is 40.5 Å². The van der Waals surface area contributed by atoms with Crippen LogP contribution < -0.4 is 10.9 Å². The van der Waals surface area contributed by atoms with Crippen molar-refractivity contribution in [2.45, 2.75) is 44.0 Å². The zero-order valence-corrected chi connectivity index (χ0v) is 16.0. The lowest BCUT2D eigenvalue weighted by molar-refractivity contribution is -0.153. The average Bonchev–Trinajstić information content (AvgIpc) is 2.64. The van der Waals surface area contributed by atoms with Crippen molar-refractivity contribution in [3.63, 3.8) is 0 Å². The maximum Gasteiger partial charge on any atom is 0.324 e. The molecule has 2 rings (SSSR count). The molecule has 1 saturated heterocycles. The fraction of sp³-hybridized carbons (Fsp3) is 0.471. The minimum Gasteiger partial charge on any atom is -0.454 e. The van der Waals surface area contributed by atoms with Crippen molar-refractivity contribution < 1.29 is 27.5 Å². The van der Waals surface area contributed by atoms with Gasteiger partial charge in [0.15, 0.2) is 6.61 Å².